The highest BCUT2D eigenvalue weighted by Crippen LogP contribution is 2.16. The standard InChI is InChI=1S/C16H16ClFN2O3/c1-9-5-6-20(15(21)14(9)10(2)16(22)23)19-8-11-7-12(17)3-4-13(11)18/h3-7,10,19H,8H2,1-2H3,(H,22,23). The Balaban J connectivity index is 2.31. The molecule has 5 nitrogen and oxygen atoms in total. The van der Waals surface area contributed by atoms with E-state index in [0.717, 1.165) is 4.68 Å². The molecule has 1 aromatic heterocycles. The fraction of sp³-hybridized carbons (Fsp3) is 0.250. The van der Waals surface area contributed by atoms with E-state index in [4.69, 9.17) is 16.7 Å². The lowest BCUT2D eigenvalue weighted by Gasteiger charge is -2.15. The number of carboxylic acids is 1. The van der Waals surface area contributed by atoms with E-state index in [2.05, 4.69) is 5.43 Å². The summed E-state index contributed by atoms with van der Waals surface area (Å²) in [4.78, 5) is 23.6. The highest BCUT2D eigenvalue weighted by Gasteiger charge is 2.20. The van der Waals surface area contributed by atoms with E-state index >= 15 is 0 Å². The van der Waals surface area contributed by atoms with Crippen molar-refractivity contribution in [2.45, 2.75) is 26.3 Å². The molecule has 2 rings (SSSR count). The molecule has 0 spiro atoms. The lowest BCUT2D eigenvalue weighted by atomic mass is 9.99. The van der Waals surface area contributed by atoms with Crippen LogP contribution in [-0.2, 0) is 11.3 Å². The van der Waals surface area contributed by atoms with E-state index in [0.29, 0.717) is 16.1 Å². The van der Waals surface area contributed by atoms with Crippen molar-refractivity contribution in [2.24, 2.45) is 0 Å². The molecule has 0 aliphatic carbocycles. The maximum atomic E-state index is 13.7. The molecule has 122 valence electrons. The van der Waals surface area contributed by atoms with E-state index in [1.807, 2.05) is 0 Å². The smallest absolute Gasteiger partial charge is 0.310 e. The van der Waals surface area contributed by atoms with Gasteiger partial charge in [-0.3, -0.25) is 9.59 Å². The lowest BCUT2D eigenvalue weighted by molar-refractivity contribution is -0.138. The third-order valence-electron chi connectivity index (χ3n) is 3.60. The Kier molecular flexibility index (Phi) is 5.05. The molecule has 0 radical (unpaired) electrons. The maximum absolute atomic E-state index is 13.7. The van der Waals surface area contributed by atoms with Crippen LogP contribution in [0.3, 0.4) is 0 Å². The highest BCUT2D eigenvalue weighted by atomic mass is 35.5. The van der Waals surface area contributed by atoms with Gasteiger partial charge in [0.15, 0.2) is 0 Å². The Morgan fingerprint density at radius 1 is 1.43 bits per heavy atom. The summed E-state index contributed by atoms with van der Waals surface area (Å²) < 4.78 is 14.8. The molecule has 0 bridgehead atoms. The monoisotopic (exact) mass is 338 g/mol. The predicted octanol–water partition coefficient (Wildman–Crippen LogP) is 2.88. The van der Waals surface area contributed by atoms with Gasteiger partial charge in [0.25, 0.3) is 5.56 Å². The summed E-state index contributed by atoms with van der Waals surface area (Å²) in [6.07, 6.45) is 1.48. The van der Waals surface area contributed by atoms with Gasteiger partial charge >= 0.3 is 5.97 Å². The molecule has 0 saturated carbocycles. The fourth-order valence-electron chi connectivity index (χ4n) is 2.27. The quantitative estimate of drug-likeness (QED) is 0.879. The second-order valence-electron chi connectivity index (χ2n) is 5.22. The Morgan fingerprint density at radius 2 is 2.13 bits per heavy atom. The molecule has 0 amide bonds. The van der Waals surface area contributed by atoms with Gasteiger partial charge in [0.05, 0.1) is 12.5 Å². The van der Waals surface area contributed by atoms with Crippen molar-refractivity contribution < 1.29 is 14.3 Å². The number of aryl methyl sites for hydroxylation is 1. The molecule has 1 heterocycles. The van der Waals surface area contributed by atoms with Crippen molar-refractivity contribution in [3.8, 4) is 0 Å². The average Bonchev–Trinajstić information content (AvgIpc) is 2.49. The SMILES string of the molecule is Cc1ccn(NCc2cc(Cl)ccc2F)c(=O)c1C(C)C(=O)O. The van der Waals surface area contributed by atoms with Gasteiger partial charge in [0.1, 0.15) is 5.82 Å². The number of hydrogen-bond acceptors (Lipinski definition) is 3. The molecule has 0 fully saturated rings. The number of carbonyl (C=O) groups is 1. The van der Waals surface area contributed by atoms with Crippen LogP contribution in [0, 0.1) is 12.7 Å². The molecular weight excluding hydrogens is 323 g/mol. The van der Waals surface area contributed by atoms with Gasteiger partial charge < -0.3 is 10.5 Å². The van der Waals surface area contributed by atoms with Crippen LogP contribution in [-0.4, -0.2) is 15.8 Å². The van der Waals surface area contributed by atoms with Gasteiger partial charge in [-0.05, 0) is 43.7 Å². The van der Waals surface area contributed by atoms with Crippen molar-refractivity contribution in [2.75, 3.05) is 5.43 Å². The number of rotatable bonds is 5. The molecule has 2 aromatic rings. The Morgan fingerprint density at radius 3 is 2.78 bits per heavy atom. The van der Waals surface area contributed by atoms with E-state index in [9.17, 15) is 14.0 Å². The van der Waals surface area contributed by atoms with Crippen molar-refractivity contribution in [3.63, 3.8) is 0 Å². The van der Waals surface area contributed by atoms with E-state index in [-0.39, 0.29) is 12.1 Å². The van der Waals surface area contributed by atoms with Gasteiger partial charge in [-0.1, -0.05) is 11.6 Å². The van der Waals surface area contributed by atoms with Gasteiger partial charge in [0, 0.05) is 22.3 Å². The molecule has 1 unspecified atom stereocenters. The van der Waals surface area contributed by atoms with Gasteiger partial charge in [-0.2, -0.15) is 0 Å². The first kappa shape index (κ1) is 17.0. The van der Waals surface area contributed by atoms with Crippen LogP contribution in [0.4, 0.5) is 4.39 Å². The normalized spacial score (nSPS) is 12.0. The zero-order valence-corrected chi connectivity index (χ0v) is 13.4. The van der Waals surface area contributed by atoms with Gasteiger partial charge in [-0.15, -0.1) is 0 Å². The summed E-state index contributed by atoms with van der Waals surface area (Å²) in [6, 6.07) is 5.78. The van der Waals surface area contributed by atoms with Gasteiger partial charge in [0.2, 0.25) is 0 Å². The topological polar surface area (TPSA) is 71.3 Å². The zero-order valence-electron chi connectivity index (χ0n) is 12.6. The summed E-state index contributed by atoms with van der Waals surface area (Å²) in [5, 5.41) is 9.51. The Bertz CT molecular complexity index is 804. The molecule has 0 saturated heterocycles. The molecule has 0 aliphatic heterocycles. The minimum Gasteiger partial charge on any atom is -0.481 e. The summed E-state index contributed by atoms with van der Waals surface area (Å²) in [5.41, 5.74) is 3.39. The molecule has 1 aromatic carbocycles. The molecule has 7 heteroatoms. The first-order chi connectivity index (χ1) is 10.8. The summed E-state index contributed by atoms with van der Waals surface area (Å²) >= 11 is 5.82. The number of benzene rings is 1. The number of pyridine rings is 1. The first-order valence-corrected chi connectivity index (χ1v) is 7.32. The second-order valence-corrected chi connectivity index (χ2v) is 5.65. The van der Waals surface area contributed by atoms with Crippen LogP contribution >= 0.6 is 11.6 Å². The van der Waals surface area contributed by atoms with Crippen LogP contribution in [0.2, 0.25) is 5.02 Å². The fourth-order valence-corrected chi connectivity index (χ4v) is 2.46. The Labute approximate surface area is 137 Å². The minimum absolute atomic E-state index is 0.0379. The van der Waals surface area contributed by atoms with Gasteiger partial charge in [-0.25, -0.2) is 9.07 Å². The molecule has 0 aliphatic rings. The van der Waals surface area contributed by atoms with Crippen LogP contribution in [0.15, 0.2) is 35.3 Å². The number of aliphatic carboxylic acids is 1. The lowest BCUT2D eigenvalue weighted by Crippen LogP contribution is -2.33. The van der Waals surface area contributed by atoms with Crippen LogP contribution < -0.4 is 11.0 Å². The number of nitrogens with one attached hydrogen (secondary N) is 1. The van der Waals surface area contributed by atoms with Crippen LogP contribution in [0.25, 0.3) is 0 Å². The average molecular weight is 339 g/mol. The van der Waals surface area contributed by atoms with Crippen LogP contribution in [0.1, 0.15) is 29.5 Å². The number of aromatic nitrogens is 1. The summed E-state index contributed by atoms with van der Waals surface area (Å²) in [6.45, 7) is 3.17. The summed E-state index contributed by atoms with van der Waals surface area (Å²) in [5.74, 6) is -2.45. The predicted molar refractivity (Wildman–Crippen MR) is 86.0 cm³/mol. The molecule has 23 heavy (non-hydrogen) atoms. The van der Waals surface area contributed by atoms with Crippen LogP contribution in [0.5, 0.6) is 0 Å². The third kappa shape index (κ3) is 3.71. The van der Waals surface area contributed by atoms with E-state index in [1.165, 1.54) is 31.3 Å². The number of hydrogen-bond donors (Lipinski definition) is 2. The number of nitrogens with zero attached hydrogens (tertiary/aromatic N) is 1. The van der Waals surface area contributed by atoms with E-state index < -0.39 is 23.3 Å². The van der Waals surface area contributed by atoms with Crippen molar-refractivity contribution >= 4 is 17.6 Å². The van der Waals surface area contributed by atoms with Crippen molar-refractivity contribution in [1.82, 2.24) is 4.68 Å². The molecule has 1 atom stereocenters. The number of carboxylic acid groups (broad SMARTS) is 1. The highest BCUT2D eigenvalue weighted by molar-refractivity contribution is 6.30. The number of halogens is 2. The molecular formula is C16H16ClFN2O3. The Hall–Kier alpha value is -2.34. The second kappa shape index (κ2) is 6.83. The largest absolute Gasteiger partial charge is 0.481 e. The van der Waals surface area contributed by atoms with E-state index in [1.54, 1.807) is 13.0 Å². The minimum atomic E-state index is -1.08. The van der Waals surface area contributed by atoms with Crippen molar-refractivity contribution in [3.05, 3.63) is 68.3 Å². The summed E-state index contributed by atoms with van der Waals surface area (Å²) in [7, 11) is 0. The van der Waals surface area contributed by atoms with Crippen molar-refractivity contribution in [1.29, 1.82) is 0 Å². The maximum Gasteiger partial charge on any atom is 0.310 e. The third-order valence-corrected chi connectivity index (χ3v) is 3.83. The zero-order chi connectivity index (χ0) is 17.1. The first-order valence-electron chi connectivity index (χ1n) is 6.94. The molecule has 2 N–H and O–H groups in total.